The van der Waals surface area contributed by atoms with E-state index in [0.29, 0.717) is 5.69 Å². The molecule has 21 heavy (non-hydrogen) atoms. The van der Waals surface area contributed by atoms with Crippen molar-refractivity contribution >= 4 is 52.4 Å². The van der Waals surface area contributed by atoms with E-state index in [1.807, 2.05) is 19.1 Å². The van der Waals surface area contributed by atoms with Gasteiger partial charge in [0.1, 0.15) is 12.4 Å². The van der Waals surface area contributed by atoms with Crippen LogP contribution in [0.5, 0.6) is 0 Å². The maximum Gasteiger partial charge on any atom is 0.412 e. The van der Waals surface area contributed by atoms with Crippen LogP contribution in [0.1, 0.15) is 5.56 Å². The predicted molar refractivity (Wildman–Crippen MR) is 86.4 cm³/mol. The molecule has 1 aromatic carbocycles. The van der Waals surface area contributed by atoms with Gasteiger partial charge in [-0.2, -0.15) is 0 Å². The van der Waals surface area contributed by atoms with E-state index < -0.39 is 9.89 Å². The SMILES string of the molecule is Cc1ccc(N=C(C=CN)NC(=O)OCC(Cl)(Cl)Cl)cc1. The minimum atomic E-state index is -1.67. The van der Waals surface area contributed by atoms with Crippen LogP contribution in [-0.2, 0) is 4.74 Å². The molecule has 0 aliphatic heterocycles. The van der Waals surface area contributed by atoms with E-state index in [0.717, 1.165) is 5.56 Å². The van der Waals surface area contributed by atoms with Crippen LogP contribution in [0.2, 0.25) is 0 Å². The molecule has 5 nitrogen and oxygen atoms in total. The van der Waals surface area contributed by atoms with Gasteiger partial charge in [0.05, 0.1) is 5.69 Å². The third kappa shape index (κ3) is 7.80. The number of nitrogens with one attached hydrogen (secondary N) is 1. The van der Waals surface area contributed by atoms with Gasteiger partial charge in [-0.3, -0.25) is 5.32 Å². The number of nitrogens with two attached hydrogens (primary N) is 1. The Morgan fingerprint density at radius 2 is 2.00 bits per heavy atom. The van der Waals surface area contributed by atoms with Gasteiger partial charge in [-0.1, -0.05) is 52.5 Å². The number of benzene rings is 1. The number of hydrogen-bond acceptors (Lipinski definition) is 4. The summed E-state index contributed by atoms with van der Waals surface area (Å²) in [7, 11) is 0. The number of hydrogen-bond donors (Lipinski definition) is 2. The van der Waals surface area contributed by atoms with Crippen molar-refractivity contribution in [2.24, 2.45) is 10.7 Å². The molecule has 0 radical (unpaired) electrons. The zero-order valence-corrected chi connectivity index (χ0v) is 13.4. The highest BCUT2D eigenvalue weighted by Crippen LogP contribution is 2.25. The zero-order chi connectivity index (χ0) is 15.9. The summed E-state index contributed by atoms with van der Waals surface area (Å²) in [5.74, 6) is 0.204. The molecule has 0 heterocycles. The summed E-state index contributed by atoms with van der Waals surface area (Å²) in [6, 6.07) is 7.38. The number of nitrogens with zero attached hydrogens (tertiary/aromatic N) is 1. The Morgan fingerprint density at radius 1 is 1.38 bits per heavy atom. The highest BCUT2D eigenvalue weighted by atomic mass is 35.6. The van der Waals surface area contributed by atoms with Crippen LogP contribution >= 0.6 is 34.8 Å². The monoisotopic (exact) mass is 349 g/mol. The molecule has 0 unspecified atom stereocenters. The Kier molecular flexibility index (Phi) is 6.81. The first kappa shape index (κ1) is 17.6. The highest BCUT2D eigenvalue weighted by Gasteiger charge is 2.22. The molecule has 0 aliphatic carbocycles. The molecule has 0 saturated heterocycles. The van der Waals surface area contributed by atoms with Crippen LogP contribution in [0, 0.1) is 6.92 Å². The summed E-state index contributed by atoms with van der Waals surface area (Å²) in [6.45, 7) is 1.58. The number of aryl methyl sites for hydroxylation is 1. The van der Waals surface area contributed by atoms with Gasteiger partial charge in [0.2, 0.25) is 3.79 Å². The van der Waals surface area contributed by atoms with Crippen LogP contribution in [0.4, 0.5) is 10.5 Å². The first-order valence-electron chi connectivity index (χ1n) is 5.84. The summed E-state index contributed by atoms with van der Waals surface area (Å²) < 4.78 is 3.07. The van der Waals surface area contributed by atoms with Crippen molar-refractivity contribution in [2.75, 3.05) is 6.61 Å². The van der Waals surface area contributed by atoms with Crippen molar-refractivity contribution in [1.29, 1.82) is 0 Å². The molecule has 0 spiro atoms. The van der Waals surface area contributed by atoms with Crippen molar-refractivity contribution in [3.8, 4) is 0 Å². The summed E-state index contributed by atoms with van der Waals surface area (Å²) in [6.07, 6.45) is 1.85. The van der Waals surface area contributed by atoms with E-state index in [-0.39, 0.29) is 12.4 Å². The molecule has 1 rings (SSSR count). The molecule has 0 atom stereocenters. The van der Waals surface area contributed by atoms with Crippen LogP contribution < -0.4 is 11.1 Å². The zero-order valence-electron chi connectivity index (χ0n) is 11.1. The summed E-state index contributed by atoms with van der Waals surface area (Å²) in [4.78, 5) is 15.8. The Labute approximate surface area is 137 Å². The van der Waals surface area contributed by atoms with Crippen LogP contribution in [-0.4, -0.2) is 22.3 Å². The van der Waals surface area contributed by atoms with Crippen LogP contribution in [0.25, 0.3) is 0 Å². The second kappa shape index (κ2) is 8.12. The van der Waals surface area contributed by atoms with Gasteiger partial charge in [0.25, 0.3) is 0 Å². The predicted octanol–water partition coefficient (Wildman–Crippen LogP) is 3.59. The first-order valence-corrected chi connectivity index (χ1v) is 6.98. The van der Waals surface area contributed by atoms with Crippen molar-refractivity contribution in [3.63, 3.8) is 0 Å². The molecule has 0 aliphatic rings. The number of carbonyl (C=O) groups excluding carboxylic acids is 1. The smallest absolute Gasteiger partial charge is 0.412 e. The molecule has 0 aromatic heterocycles. The van der Waals surface area contributed by atoms with Gasteiger partial charge in [0.15, 0.2) is 0 Å². The van der Waals surface area contributed by atoms with E-state index >= 15 is 0 Å². The van der Waals surface area contributed by atoms with E-state index in [1.165, 1.54) is 12.3 Å². The molecule has 1 amide bonds. The number of aliphatic imine (C=N–C) groups is 1. The highest BCUT2D eigenvalue weighted by molar-refractivity contribution is 6.67. The first-order chi connectivity index (χ1) is 9.80. The molecule has 0 saturated carbocycles. The largest absolute Gasteiger partial charge is 0.445 e. The number of ether oxygens (including phenoxy) is 1. The fraction of sp³-hybridized carbons (Fsp3) is 0.231. The van der Waals surface area contributed by atoms with E-state index in [1.54, 1.807) is 12.1 Å². The van der Waals surface area contributed by atoms with Crippen molar-refractivity contribution < 1.29 is 9.53 Å². The lowest BCUT2D eigenvalue weighted by Gasteiger charge is -2.12. The summed E-state index contributed by atoms with van der Waals surface area (Å²) in [5, 5.41) is 2.40. The quantitative estimate of drug-likeness (QED) is 0.497. The third-order valence-electron chi connectivity index (χ3n) is 2.13. The second-order valence-electron chi connectivity index (χ2n) is 4.01. The van der Waals surface area contributed by atoms with Crippen molar-refractivity contribution in [2.45, 2.75) is 10.7 Å². The number of amides is 1. The Balaban J connectivity index is 2.73. The van der Waals surface area contributed by atoms with Gasteiger partial charge in [-0.25, -0.2) is 9.79 Å². The standard InChI is InChI=1S/C13H14Cl3N3O2/c1-9-2-4-10(5-3-9)18-11(6-7-17)19-12(20)21-8-13(14,15)16/h2-7H,8,17H2,1H3,(H,18,19,20). The molecular weight excluding hydrogens is 337 g/mol. The lowest BCUT2D eigenvalue weighted by atomic mass is 10.2. The average molecular weight is 351 g/mol. The van der Waals surface area contributed by atoms with E-state index in [4.69, 9.17) is 45.3 Å². The maximum atomic E-state index is 11.6. The summed E-state index contributed by atoms with van der Waals surface area (Å²) in [5.41, 5.74) is 7.05. The third-order valence-corrected chi connectivity index (χ3v) is 2.46. The maximum absolute atomic E-state index is 11.6. The van der Waals surface area contributed by atoms with Gasteiger partial charge < -0.3 is 10.5 Å². The minimum absolute atomic E-state index is 0.204. The minimum Gasteiger partial charge on any atom is -0.445 e. The van der Waals surface area contributed by atoms with Crippen LogP contribution in [0.15, 0.2) is 41.5 Å². The fourth-order valence-corrected chi connectivity index (χ4v) is 1.41. The molecular formula is C13H14Cl3N3O2. The molecule has 1 aromatic rings. The number of rotatable bonds is 3. The van der Waals surface area contributed by atoms with Crippen molar-refractivity contribution in [1.82, 2.24) is 5.32 Å². The Bertz CT molecular complexity index is 537. The molecule has 8 heteroatoms. The molecule has 3 N–H and O–H groups in total. The van der Waals surface area contributed by atoms with E-state index in [9.17, 15) is 4.79 Å². The van der Waals surface area contributed by atoms with Crippen LogP contribution in [0.3, 0.4) is 0 Å². The number of alkyl carbamates (subject to hydrolysis) is 1. The molecule has 0 fully saturated rings. The average Bonchev–Trinajstić information content (AvgIpc) is 2.39. The molecule has 0 bridgehead atoms. The van der Waals surface area contributed by atoms with Gasteiger partial charge >= 0.3 is 6.09 Å². The number of halogens is 3. The van der Waals surface area contributed by atoms with E-state index in [2.05, 4.69) is 10.3 Å². The number of alkyl halides is 3. The van der Waals surface area contributed by atoms with Gasteiger partial charge in [-0.05, 0) is 31.3 Å². The van der Waals surface area contributed by atoms with Gasteiger partial charge in [-0.15, -0.1) is 0 Å². The van der Waals surface area contributed by atoms with Gasteiger partial charge in [0, 0.05) is 0 Å². The normalized spacial score (nSPS) is 12.5. The number of carbonyl (C=O) groups is 1. The van der Waals surface area contributed by atoms with Crippen molar-refractivity contribution in [3.05, 3.63) is 42.1 Å². The lowest BCUT2D eigenvalue weighted by Crippen LogP contribution is -2.32. The number of amidine groups is 1. The Morgan fingerprint density at radius 3 is 2.52 bits per heavy atom. The second-order valence-corrected chi connectivity index (χ2v) is 6.52. The lowest BCUT2D eigenvalue weighted by molar-refractivity contribution is 0.154. The molecule has 114 valence electrons. The fourth-order valence-electron chi connectivity index (χ4n) is 1.24. The topological polar surface area (TPSA) is 76.7 Å². The summed E-state index contributed by atoms with van der Waals surface area (Å²) >= 11 is 16.4. The Hall–Kier alpha value is -1.43.